The number of aliphatic carboxylic acids is 1. The molecule has 0 saturated heterocycles. The molecule has 2 unspecified atom stereocenters. The molecule has 0 heterocycles. The maximum atomic E-state index is 12.4. The minimum atomic E-state index is -1.78. The molecule has 0 saturated carbocycles. The molecule has 0 radical (unpaired) electrons. The minimum absolute atomic E-state index is 0.139. The van der Waals surface area contributed by atoms with Crippen molar-refractivity contribution in [3.8, 4) is 0 Å². The number of nitrogens with one attached hydrogen (secondary N) is 2. The van der Waals surface area contributed by atoms with Gasteiger partial charge in [-0.1, -0.05) is 97.8 Å². The van der Waals surface area contributed by atoms with E-state index in [9.17, 15) is 19.5 Å². The first-order valence-corrected chi connectivity index (χ1v) is 13.4. The Bertz CT molecular complexity index is 542. The maximum Gasteiger partial charge on any atom is 0.350 e. The summed E-state index contributed by atoms with van der Waals surface area (Å²) in [6.07, 6.45) is 16.9. The van der Waals surface area contributed by atoms with E-state index >= 15 is 0 Å². The summed E-state index contributed by atoms with van der Waals surface area (Å²) in [5.74, 6) is -2.41. The summed E-state index contributed by atoms with van der Waals surface area (Å²) in [4.78, 5) is 36.9. The van der Waals surface area contributed by atoms with Crippen molar-refractivity contribution < 1.29 is 19.5 Å². The molecule has 5 N–H and O–H groups in total. The lowest BCUT2D eigenvalue weighted by molar-refractivity contribution is -0.155. The van der Waals surface area contributed by atoms with E-state index in [1.165, 1.54) is 57.8 Å². The highest BCUT2D eigenvalue weighted by molar-refractivity contribution is 5.91. The number of carbonyl (C=O) groups excluding carboxylic acids is 2. The largest absolute Gasteiger partial charge is 0.478 e. The molecule has 0 aromatic heterocycles. The zero-order chi connectivity index (χ0) is 25.0. The Morgan fingerprint density at radius 3 is 1.61 bits per heavy atom. The molecule has 7 nitrogen and oxygen atoms in total. The van der Waals surface area contributed by atoms with Crippen molar-refractivity contribution in [3.63, 3.8) is 0 Å². The van der Waals surface area contributed by atoms with Gasteiger partial charge in [-0.2, -0.15) is 0 Å². The Hall–Kier alpha value is -1.63. The van der Waals surface area contributed by atoms with Crippen LogP contribution >= 0.6 is 0 Å². The topological polar surface area (TPSA) is 122 Å². The van der Waals surface area contributed by atoms with Gasteiger partial charge in [0.1, 0.15) is 0 Å². The van der Waals surface area contributed by atoms with Gasteiger partial charge in [-0.15, -0.1) is 0 Å². The first kappa shape index (κ1) is 31.4. The predicted molar refractivity (Wildman–Crippen MR) is 135 cm³/mol. The van der Waals surface area contributed by atoms with Crippen molar-refractivity contribution in [1.82, 2.24) is 10.6 Å². The van der Waals surface area contributed by atoms with Crippen LogP contribution in [0.15, 0.2) is 0 Å². The average molecular weight is 470 g/mol. The van der Waals surface area contributed by atoms with Crippen LogP contribution in [0.3, 0.4) is 0 Å². The highest BCUT2D eigenvalue weighted by Crippen LogP contribution is 2.23. The van der Waals surface area contributed by atoms with Crippen LogP contribution in [-0.2, 0) is 14.4 Å². The van der Waals surface area contributed by atoms with Crippen molar-refractivity contribution in [1.29, 1.82) is 0 Å². The number of hydrogen-bond donors (Lipinski definition) is 4. The summed E-state index contributed by atoms with van der Waals surface area (Å²) in [5.41, 5.74) is 3.69. The molecule has 0 aliphatic heterocycles. The highest BCUT2D eigenvalue weighted by Gasteiger charge is 2.46. The fourth-order valence-electron chi connectivity index (χ4n) is 4.16. The summed E-state index contributed by atoms with van der Waals surface area (Å²) in [5, 5.41) is 15.3. The molecule has 0 rings (SSSR count). The molecule has 2 atom stereocenters. The Labute approximate surface area is 202 Å². The molecule has 0 aliphatic rings. The quantitative estimate of drug-likeness (QED) is 0.127. The van der Waals surface area contributed by atoms with E-state index < -0.39 is 23.5 Å². The van der Waals surface area contributed by atoms with Gasteiger partial charge in [0.25, 0.3) is 0 Å². The van der Waals surface area contributed by atoms with E-state index in [1.807, 2.05) is 6.92 Å². The van der Waals surface area contributed by atoms with E-state index in [2.05, 4.69) is 17.6 Å². The molecule has 0 aromatic rings. The fourth-order valence-corrected chi connectivity index (χ4v) is 4.16. The molecule has 194 valence electrons. The van der Waals surface area contributed by atoms with Crippen LogP contribution in [0.25, 0.3) is 0 Å². The van der Waals surface area contributed by atoms with Crippen molar-refractivity contribution in [2.45, 2.75) is 136 Å². The third-order valence-corrected chi connectivity index (χ3v) is 6.33. The number of hydrogen-bond acceptors (Lipinski definition) is 4. The first-order chi connectivity index (χ1) is 15.8. The zero-order valence-electron chi connectivity index (χ0n) is 21.6. The standard InChI is InChI=1S/C26H51N3O4/c1-4-6-7-8-9-10-11-12-13-14-15-16-19-22(3)26(25(32)33,28-23(30)18-5-2)29-24(31)20-17-21-27/h22H,4-21,27H2,1-3H3,(H,28,30)(H,29,31)(H,32,33). The van der Waals surface area contributed by atoms with E-state index in [0.29, 0.717) is 25.8 Å². The molecule has 0 fully saturated rings. The number of nitrogens with two attached hydrogens (primary N) is 1. The highest BCUT2D eigenvalue weighted by atomic mass is 16.4. The Morgan fingerprint density at radius 1 is 0.727 bits per heavy atom. The second-order valence-corrected chi connectivity index (χ2v) is 9.43. The van der Waals surface area contributed by atoms with Crippen LogP contribution < -0.4 is 16.4 Å². The lowest BCUT2D eigenvalue weighted by atomic mass is 9.88. The lowest BCUT2D eigenvalue weighted by Gasteiger charge is -2.37. The van der Waals surface area contributed by atoms with Crippen LogP contribution in [0.4, 0.5) is 0 Å². The van der Waals surface area contributed by atoms with E-state index in [1.54, 1.807) is 6.92 Å². The molecule has 7 heteroatoms. The van der Waals surface area contributed by atoms with Gasteiger partial charge in [-0.3, -0.25) is 9.59 Å². The van der Waals surface area contributed by atoms with Crippen LogP contribution in [0, 0.1) is 5.92 Å². The molecule has 0 aromatic carbocycles. The third kappa shape index (κ3) is 14.3. The SMILES string of the molecule is CCCCCCCCCCCCCCC(C)C(NC(=O)CCC)(NC(=O)CCCN)C(=O)O. The second-order valence-electron chi connectivity index (χ2n) is 9.43. The van der Waals surface area contributed by atoms with Gasteiger partial charge in [0.2, 0.25) is 17.5 Å². The monoisotopic (exact) mass is 469 g/mol. The molecule has 0 spiro atoms. The molecule has 33 heavy (non-hydrogen) atoms. The minimum Gasteiger partial charge on any atom is -0.478 e. The molecule has 0 aliphatic carbocycles. The van der Waals surface area contributed by atoms with Gasteiger partial charge in [0.15, 0.2) is 0 Å². The molecule has 2 amide bonds. The average Bonchev–Trinajstić information content (AvgIpc) is 2.77. The molecular formula is C26H51N3O4. The maximum absolute atomic E-state index is 12.4. The van der Waals surface area contributed by atoms with Crippen molar-refractivity contribution in [3.05, 3.63) is 0 Å². The van der Waals surface area contributed by atoms with Crippen molar-refractivity contribution >= 4 is 17.8 Å². The van der Waals surface area contributed by atoms with Crippen molar-refractivity contribution in [2.75, 3.05) is 6.54 Å². The summed E-state index contributed by atoms with van der Waals surface area (Å²) in [6.45, 7) is 6.24. The Kier molecular flexibility index (Phi) is 18.8. The smallest absolute Gasteiger partial charge is 0.350 e. The number of carboxylic acids is 1. The Balaban J connectivity index is 4.56. The third-order valence-electron chi connectivity index (χ3n) is 6.33. The summed E-state index contributed by atoms with van der Waals surface area (Å²) in [6, 6.07) is 0. The summed E-state index contributed by atoms with van der Waals surface area (Å²) >= 11 is 0. The second kappa shape index (κ2) is 19.8. The zero-order valence-corrected chi connectivity index (χ0v) is 21.6. The number of rotatable bonds is 22. The van der Waals surface area contributed by atoms with Crippen LogP contribution in [-0.4, -0.2) is 35.1 Å². The number of carboxylic acid groups (broad SMARTS) is 1. The first-order valence-electron chi connectivity index (χ1n) is 13.4. The fraction of sp³-hybridized carbons (Fsp3) is 0.885. The van der Waals surface area contributed by atoms with Crippen molar-refractivity contribution in [2.24, 2.45) is 11.7 Å². The number of carbonyl (C=O) groups is 3. The van der Waals surface area contributed by atoms with Gasteiger partial charge in [0, 0.05) is 18.8 Å². The summed E-state index contributed by atoms with van der Waals surface area (Å²) in [7, 11) is 0. The number of unbranched alkanes of at least 4 members (excludes halogenated alkanes) is 11. The van der Waals surface area contributed by atoms with Crippen LogP contribution in [0.5, 0.6) is 0 Å². The lowest BCUT2D eigenvalue weighted by Crippen LogP contribution is -2.69. The summed E-state index contributed by atoms with van der Waals surface area (Å²) < 4.78 is 0. The normalized spacial score (nSPS) is 13.8. The number of amides is 2. The van der Waals surface area contributed by atoms with Gasteiger partial charge in [0.05, 0.1) is 0 Å². The van der Waals surface area contributed by atoms with E-state index in [0.717, 1.165) is 19.3 Å². The van der Waals surface area contributed by atoms with E-state index in [-0.39, 0.29) is 18.7 Å². The van der Waals surface area contributed by atoms with Crippen LogP contribution in [0.2, 0.25) is 0 Å². The molecular weight excluding hydrogens is 418 g/mol. The van der Waals surface area contributed by atoms with Crippen LogP contribution in [0.1, 0.15) is 130 Å². The van der Waals surface area contributed by atoms with Gasteiger partial charge in [-0.05, 0) is 25.8 Å². The predicted octanol–water partition coefficient (Wildman–Crippen LogP) is 5.27. The van der Waals surface area contributed by atoms with Gasteiger partial charge >= 0.3 is 5.97 Å². The molecule has 0 bridgehead atoms. The van der Waals surface area contributed by atoms with E-state index in [4.69, 9.17) is 5.73 Å². The Morgan fingerprint density at radius 2 is 1.18 bits per heavy atom. The van der Waals surface area contributed by atoms with Gasteiger partial charge < -0.3 is 21.5 Å². The van der Waals surface area contributed by atoms with Gasteiger partial charge in [-0.25, -0.2) is 4.79 Å².